The molecular formula is C17H19Cl2NO. The van der Waals surface area contributed by atoms with Crippen molar-refractivity contribution in [3.63, 3.8) is 0 Å². The second kappa shape index (κ2) is 6.80. The zero-order chi connectivity index (χ0) is 15.5. The summed E-state index contributed by atoms with van der Waals surface area (Å²) in [6.45, 7) is 2.27. The summed E-state index contributed by atoms with van der Waals surface area (Å²) in [6, 6.07) is 13.4. The van der Waals surface area contributed by atoms with Gasteiger partial charge in [-0.2, -0.15) is 0 Å². The van der Waals surface area contributed by atoms with Crippen LogP contribution in [-0.2, 0) is 11.8 Å². The molecule has 0 aliphatic heterocycles. The van der Waals surface area contributed by atoms with Crippen LogP contribution in [0.5, 0.6) is 0 Å². The largest absolute Gasteiger partial charge is 0.395 e. The van der Waals surface area contributed by atoms with Crippen molar-refractivity contribution in [3.8, 4) is 0 Å². The molecule has 0 amide bonds. The first kappa shape index (κ1) is 16.3. The number of rotatable bonds is 5. The van der Waals surface area contributed by atoms with Crippen LogP contribution in [0.1, 0.15) is 16.7 Å². The van der Waals surface area contributed by atoms with Crippen LogP contribution in [0, 0.1) is 6.92 Å². The van der Waals surface area contributed by atoms with Crippen molar-refractivity contribution in [2.45, 2.75) is 18.8 Å². The Balaban J connectivity index is 2.48. The average molecular weight is 324 g/mol. The molecule has 0 saturated heterocycles. The Hall–Kier alpha value is -1.06. The lowest BCUT2D eigenvalue weighted by atomic mass is 9.76. The summed E-state index contributed by atoms with van der Waals surface area (Å²) >= 11 is 12.5. The molecule has 0 fully saturated rings. The molecule has 112 valence electrons. The summed E-state index contributed by atoms with van der Waals surface area (Å²) in [4.78, 5) is 0. The van der Waals surface area contributed by atoms with Gasteiger partial charge in [0.1, 0.15) is 0 Å². The van der Waals surface area contributed by atoms with Crippen LogP contribution >= 0.6 is 23.2 Å². The number of hydrogen-bond acceptors (Lipinski definition) is 2. The minimum atomic E-state index is -0.583. The first-order chi connectivity index (χ1) is 10.0. The van der Waals surface area contributed by atoms with Crippen LogP contribution in [-0.4, -0.2) is 18.3 Å². The van der Waals surface area contributed by atoms with Gasteiger partial charge in [-0.1, -0.05) is 59.1 Å². The summed E-state index contributed by atoms with van der Waals surface area (Å²) in [5.74, 6) is 0. The normalized spacial score (nSPS) is 14.0. The first-order valence-electron chi connectivity index (χ1n) is 6.83. The summed E-state index contributed by atoms with van der Waals surface area (Å²) in [7, 11) is 0. The number of halogens is 2. The average Bonchev–Trinajstić information content (AvgIpc) is 2.48. The summed E-state index contributed by atoms with van der Waals surface area (Å²) in [5, 5.41) is 11.2. The highest BCUT2D eigenvalue weighted by molar-refractivity contribution is 6.36. The molecule has 0 spiro atoms. The summed E-state index contributed by atoms with van der Waals surface area (Å²) in [6.07, 6.45) is 0.502. The number of benzene rings is 2. The smallest absolute Gasteiger partial charge is 0.0543 e. The van der Waals surface area contributed by atoms with Gasteiger partial charge in [-0.05, 0) is 36.6 Å². The fourth-order valence-electron chi connectivity index (χ4n) is 2.52. The summed E-state index contributed by atoms with van der Waals surface area (Å²) in [5.41, 5.74) is 8.37. The quantitative estimate of drug-likeness (QED) is 0.880. The third-order valence-electron chi connectivity index (χ3n) is 3.90. The molecule has 0 aliphatic carbocycles. The van der Waals surface area contributed by atoms with E-state index in [1.165, 1.54) is 0 Å². The standard InChI is InChI=1S/C17H19Cl2NO/c1-12-4-2-5-13(8-12)17(10-20,11-21)9-14-15(18)6-3-7-16(14)19/h2-8,21H,9-11,20H2,1H3. The van der Waals surface area contributed by atoms with Gasteiger partial charge in [0.15, 0.2) is 0 Å². The number of hydrogen-bond donors (Lipinski definition) is 2. The van der Waals surface area contributed by atoms with Crippen molar-refractivity contribution in [3.05, 3.63) is 69.2 Å². The van der Waals surface area contributed by atoms with Gasteiger partial charge >= 0.3 is 0 Å². The van der Waals surface area contributed by atoms with E-state index in [0.29, 0.717) is 23.0 Å². The van der Waals surface area contributed by atoms with E-state index >= 15 is 0 Å². The van der Waals surface area contributed by atoms with Gasteiger partial charge in [0, 0.05) is 22.0 Å². The molecule has 0 aliphatic rings. The van der Waals surface area contributed by atoms with E-state index in [9.17, 15) is 5.11 Å². The molecular weight excluding hydrogens is 305 g/mol. The molecule has 2 aromatic carbocycles. The second-order valence-corrected chi connectivity index (χ2v) is 6.20. The fraction of sp³-hybridized carbons (Fsp3) is 0.294. The molecule has 0 radical (unpaired) electrons. The second-order valence-electron chi connectivity index (χ2n) is 5.39. The van der Waals surface area contributed by atoms with E-state index in [1.807, 2.05) is 37.3 Å². The number of aliphatic hydroxyl groups is 1. The van der Waals surface area contributed by atoms with Crippen LogP contribution in [0.25, 0.3) is 0 Å². The number of aryl methyl sites for hydroxylation is 1. The van der Waals surface area contributed by atoms with Crippen LogP contribution in [0.3, 0.4) is 0 Å². The Labute approximate surface area is 135 Å². The molecule has 0 heterocycles. The fourth-order valence-corrected chi connectivity index (χ4v) is 3.05. The molecule has 0 aromatic heterocycles. The minimum Gasteiger partial charge on any atom is -0.395 e. The van der Waals surface area contributed by atoms with Gasteiger partial charge in [0.25, 0.3) is 0 Å². The minimum absolute atomic E-state index is 0.0610. The molecule has 3 N–H and O–H groups in total. The van der Waals surface area contributed by atoms with Crippen molar-refractivity contribution < 1.29 is 5.11 Å². The van der Waals surface area contributed by atoms with Crippen molar-refractivity contribution in [2.24, 2.45) is 5.73 Å². The van der Waals surface area contributed by atoms with Gasteiger partial charge in [0.05, 0.1) is 6.61 Å². The molecule has 21 heavy (non-hydrogen) atoms. The van der Waals surface area contributed by atoms with Crippen molar-refractivity contribution in [1.82, 2.24) is 0 Å². The van der Waals surface area contributed by atoms with Crippen molar-refractivity contribution in [2.75, 3.05) is 13.2 Å². The molecule has 1 unspecified atom stereocenters. The van der Waals surface area contributed by atoms with Gasteiger partial charge in [-0.25, -0.2) is 0 Å². The predicted molar refractivity (Wildman–Crippen MR) is 89.2 cm³/mol. The maximum atomic E-state index is 10.00. The third-order valence-corrected chi connectivity index (χ3v) is 4.61. The van der Waals surface area contributed by atoms with Crippen molar-refractivity contribution >= 4 is 23.2 Å². The van der Waals surface area contributed by atoms with E-state index in [0.717, 1.165) is 16.7 Å². The van der Waals surface area contributed by atoms with E-state index in [4.69, 9.17) is 28.9 Å². The number of nitrogens with two attached hydrogens (primary N) is 1. The lowest BCUT2D eigenvalue weighted by molar-refractivity contribution is 0.196. The Morgan fingerprint density at radius 2 is 1.71 bits per heavy atom. The van der Waals surface area contributed by atoms with Gasteiger partial charge in [-0.3, -0.25) is 0 Å². The highest BCUT2D eigenvalue weighted by Gasteiger charge is 2.32. The molecule has 4 heteroatoms. The first-order valence-corrected chi connectivity index (χ1v) is 7.59. The Morgan fingerprint density at radius 1 is 1.10 bits per heavy atom. The Morgan fingerprint density at radius 3 is 2.24 bits per heavy atom. The topological polar surface area (TPSA) is 46.2 Å². The third kappa shape index (κ3) is 3.41. The monoisotopic (exact) mass is 323 g/mol. The predicted octanol–water partition coefficient (Wildman–Crippen LogP) is 3.73. The highest BCUT2D eigenvalue weighted by atomic mass is 35.5. The zero-order valence-corrected chi connectivity index (χ0v) is 13.5. The molecule has 1 atom stereocenters. The number of aliphatic hydroxyl groups excluding tert-OH is 1. The van der Waals surface area contributed by atoms with Crippen molar-refractivity contribution in [1.29, 1.82) is 0 Å². The van der Waals surface area contributed by atoms with Crippen LogP contribution < -0.4 is 5.73 Å². The maximum absolute atomic E-state index is 10.00. The zero-order valence-electron chi connectivity index (χ0n) is 11.9. The van der Waals surface area contributed by atoms with Gasteiger partial charge in [0.2, 0.25) is 0 Å². The van der Waals surface area contributed by atoms with Gasteiger partial charge < -0.3 is 10.8 Å². The van der Waals surface area contributed by atoms with Crippen LogP contribution in [0.4, 0.5) is 0 Å². The summed E-state index contributed by atoms with van der Waals surface area (Å²) < 4.78 is 0. The van der Waals surface area contributed by atoms with Crippen LogP contribution in [0.2, 0.25) is 10.0 Å². The highest BCUT2D eigenvalue weighted by Crippen LogP contribution is 2.34. The molecule has 2 rings (SSSR count). The Kier molecular flexibility index (Phi) is 5.28. The van der Waals surface area contributed by atoms with E-state index in [-0.39, 0.29) is 6.61 Å². The molecule has 2 aromatic rings. The lowest BCUT2D eigenvalue weighted by Gasteiger charge is -2.32. The van der Waals surface area contributed by atoms with Gasteiger partial charge in [-0.15, -0.1) is 0 Å². The Bertz CT molecular complexity index is 604. The van der Waals surface area contributed by atoms with E-state index in [1.54, 1.807) is 12.1 Å². The lowest BCUT2D eigenvalue weighted by Crippen LogP contribution is -2.41. The van der Waals surface area contributed by atoms with E-state index in [2.05, 4.69) is 0 Å². The molecule has 0 saturated carbocycles. The molecule has 0 bridgehead atoms. The SMILES string of the molecule is Cc1cccc(C(CN)(CO)Cc2c(Cl)cccc2Cl)c1. The van der Waals surface area contributed by atoms with E-state index < -0.39 is 5.41 Å². The van der Waals surface area contributed by atoms with Crippen LogP contribution in [0.15, 0.2) is 42.5 Å². The maximum Gasteiger partial charge on any atom is 0.0543 e. The molecule has 2 nitrogen and oxygen atoms in total.